The highest BCUT2D eigenvalue weighted by atomic mass is 35.5. The van der Waals surface area contributed by atoms with E-state index in [2.05, 4.69) is 13.2 Å². The molecule has 0 rings (SSSR count). The van der Waals surface area contributed by atoms with Gasteiger partial charge in [0, 0.05) is 0 Å². The minimum atomic E-state index is -0.612. The van der Waals surface area contributed by atoms with Crippen molar-refractivity contribution < 1.29 is 14.7 Å². The fourth-order valence-corrected chi connectivity index (χ4v) is 2.18. The predicted octanol–water partition coefficient (Wildman–Crippen LogP) is 1.37. The van der Waals surface area contributed by atoms with Crippen molar-refractivity contribution >= 4 is 23.2 Å². The summed E-state index contributed by atoms with van der Waals surface area (Å²) in [6, 6.07) is 0. The summed E-state index contributed by atoms with van der Waals surface area (Å²) in [5, 5.41) is 19.4. The van der Waals surface area contributed by atoms with Crippen molar-refractivity contribution in [3.8, 4) is 0 Å². The Labute approximate surface area is 114 Å². The van der Waals surface area contributed by atoms with Gasteiger partial charge in [0.2, 0.25) is 0 Å². The van der Waals surface area contributed by atoms with Crippen LogP contribution in [0.25, 0.3) is 0 Å². The van der Waals surface area contributed by atoms with E-state index in [1.54, 1.807) is 12.2 Å². The molecule has 17 heavy (non-hydrogen) atoms. The van der Waals surface area contributed by atoms with Crippen LogP contribution in [0.4, 0.5) is 0 Å². The Morgan fingerprint density at radius 1 is 0.941 bits per heavy atom. The van der Waals surface area contributed by atoms with Crippen molar-refractivity contribution in [2.24, 2.45) is 0 Å². The molecule has 0 bridgehead atoms. The van der Waals surface area contributed by atoms with Gasteiger partial charge < -0.3 is 14.7 Å². The number of nitrogens with zero attached hydrogens (tertiary/aromatic N) is 1. The Morgan fingerprint density at radius 3 is 1.53 bits per heavy atom. The second-order valence-corrected chi connectivity index (χ2v) is 4.88. The summed E-state index contributed by atoms with van der Waals surface area (Å²) >= 11 is 11.3. The van der Waals surface area contributed by atoms with E-state index < -0.39 is 12.2 Å². The molecule has 0 aliphatic heterocycles. The van der Waals surface area contributed by atoms with Crippen LogP contribution in [-0.4, -0.2) is 64.8 Å². The summed E-state index contributed by atoms with van der Waals surface area (Å²) in [5.74, 6) is 0.344. The van der Waals surface area contributed by atoms with Crippen molar-refractivity contribution in [3.05, 3.63) is 25.3 Å². The Bertz CT molecular complexity index is 213. The summed E-state index contributed by atoms with van der Waals surface area (Å²) in [4.78, 5) is 0. The third-order valence-corrected chi connectivity index (χ3v) is 3.30. The maximum Gasteiger partial charge on any atom is 0.116 e. The largest absolute Gasteiger partial charge is 0.386 e. The molecule has 0 radical (unpaired) electrons. The van der Waals surface area contributed by atoms with E-state index in [0.29, 0.717) is 30.7 Å². The number of hydrogen-bond acceptors (Lipinski definition) is 2. The number of rotatable bonds is 10. The normalized spacial score (nSPS) is 15.3. The van der Waals surface area contributed by atoms with Crippen LogP contribution in [-0.2, 0) is 0 Å². The second-order valence-electron chi connectivity index (χ2n) is 4.27. The molecule has 0 aromatic heterocycles. The highest BCUT2D eigenvalue weighted by Gasteiger charge is 2.30. The minimum Gasteiger partial charge on any atom is -0.386 e. The minimum absolute atomic E-state index is 0.172. The number of quaternary nitrogens is 1. The molecule has 0 saturated carbocycles. The van der Waals surface area contributed by atoms with Crippen molar-refractivity contribution in [3.63, 3.8) is 0 Å². The lowest BCUT2D eigenvalue weighted by atomic mass is 10.2. The first kappa shape index (κ1) is 16.9. The van der Waals surface area contributed by atoms with Crippen LogP contribution >= 0.6 is 23.2 Å². The lowest BCUT2D eigenvalue weighted by Crippen LogP contribution is -2.56. The summed E-state index contributed by atoms with van der Waals surface area (Å²) in [7, 11) is 0. The number of halogens is 2. The van der Waals surface area contributed by atoms with Crippen LogP contribution in [0, 0.1) is 0 Å². The fraction of sp³-hybridized carbons (Fsp3) is 0.667. The highest BCUT2D eigenvalue weighted by molar-refractivity contribution is 6.18. The summed E-state index contributed by atoms with van der Waals surface area (Å²) in [6.07, 6.45) is 2.31. The second kappa shape index (κ2) is 8.95. The smallest absolute Gasteiger partial charge is 0.116 e. The van der Waals surface area contributed by atoms with Crippen LogP contribution < -0.4 is 0 Å². The van der Waals surface area contributed by atoms with Gasteiger partial charge in [0.15, 0.2) is 0 Å². The molecule has 0 spiro atoms. The van der Waals surface area contributed by atoms with Gasteiger partial charge in [-0.05, 0) is 12.2 Å². The zero-order chi connectivity index (χ0) is 13.3. The lowest BCUT2D eigenvalue weighted by Gasteiger charge is -2.39. The molecule has 2 unspecified atom stereocenters. The average molecular weight is 283 g/mol. The number of aliphatic hydroxyl groups excluding tert-OH is 2. The first-order valence-electron chi connectivity index (χ1n) is 5.58. The topological polar surface area (TPSA) is 40.5 Å². The molecule has 0 aliphatic rings. The van der Waals surface area contributed by atoms with Crippen molar-refractivity contribution in [1.29, 1.82) is 0 Å². The van der Waals surface area contributed by atoms with E-state index in [1.165, 1.54) is 0 Å². The maximum absolute atomic E-state index is 9.70. The Morgan fingerprint density at radius 2 is 1.29 bits per heavy atom. The molecule has 0 aromatic carbocycles. The molecule has 0 fully saturated rings. The number of aliphatic hydroxyl groups is 2. The van der Waals surface area contributed by atoms with E-state index in [0.717, 1.165) is 0 Å². The van der Waals surface area contributed by atoms with Crippen molar-refractivity contribution in [2.75, 3.05) is 37.9 Å². The van der Waals surface area contributed by atoms with Gasteiger partial charge >= 0.3 is 0 Å². The van der Waals surface area contributed by atoms with Gasteiger partial charge in [-0.1, -0.05) is 13.2 Å². The molecule has 5 heteroatoms. The number of alkyl halides is 2. The molecule has 0 aliphatic carbocycles. The maximum atomic E-state index is 9.70. The van der Waals surface area contributed by atoms with Crippen LogP contribution in [0.2, 0.25) is 0 Å². The van der Waals surface area contributed by atoms with Gasteiger partial charge in [-0.2, -0.15) is 0 Å². The van der Waals surface area contributed by atoms with E-state index in [-0.39, 0.29) is 11.8 Å². The molecule has 2 N–H and O–H groups in total. The van der Waals surface area contributed by atoms with Gasteiger partial charge in [-0.3, -0.25) is 0 Å². The molecular formula is C12H22Cl2NO2+. The van der Waals surface area contributed by atoms with Crippen LogP contribution in [0.3, 0.4) is 0 Å². The Balaban J connectivity index is 4.81. The standard InChI is InChI=1S/C12H22Cl2NO2/c1-3-5-15(6-4-2,9-11(16)7-13)10-12(17)8-14/h3-4,11-12,16-17H,1-2,5-10H2/q+1. The molecular weight excluding hydrogens is 261 g/mol. The molecule has 2 atom stereocenters. The molecule has 0 heterocycles. The van der Waals surface area contributed by atoms with E-state index in [9.17, 15) is 10.2 Å². The quantitative estimate of drug-likeness (QED) is 0.361. The zero-order valence-corrected chi connectivity index (χ0v) is 11.6. The summed E-state index contributed by atoms with van der Waals surface area (Å²) in [5.41, 5.74) is 0. The summed E-state index contributed by atoms with van der Waals surface area (Å²) < 4.78 is 0.467. The molecule has 100 valence electrons. The van der Waals surface area contributed by atoms with Crippen LogP contribution in [0.15, 0.2) is 25.3 Å². The van der Waals surface area contributed by atoms with Gasteiger partial charge in [-0.25, -0.2) is 0 Å². The molecule has 0 amide bonds. The van der Waals surface area contributed by atoms with E-state index in [4.69, 9.17) is 23.2 Å². The third-order valence-electron chi connectivity index (χ3n) is 2.59. The zero-order valence-electron chi connectivity index (χ0n) is 10.1. The first-order chi connectivity index (χ1) is 8.03. The Hall–Kier alpha value is -0.0600. The highest BCUT2D eigenvalue weighted by Crippen LogP contribution is 2.12. The fourth-order valence-electron chi connectivity index (χ4n) is 1.99. The number of hydrogen-bond donors (Lipinski definition) is 2. The predicted molar refractivity (Wildman–Crippen MR) is 73.6 cm³/mol. The van der Waals surface area contributed by atoms with Crippen LogP contribution in [0.5, 0.6) is 0 Å². The van der Waals surface area contributed by atoms with Crippen molar-refractivity contribution in [2.45, 2.75) is 12.2 Å². The van der Waals surface area contributed by atoms with Gasteiger partial charge in [0.1, 0.15) is 25.3 Å². The molecule has 3 nitrogen and oxygen atoms in total. The van der Waals surface area contributed by atoms with E-state index >= 15 is 0 Å². The van der Waals surface area contributed by atoms with Crippen LogP contribution in [0.1, 0.15) is 0 Å². The SMILES string of the molecule is C=CC[N+](CC=C)(CC(O)CCl)CC(O)CCl. The summed E-state index contributed by atoms with van der Waals surface area (Å²) in [6.45, 7) is 9.60. The molecule has 0 saturated heterocycles. The molecule has 0 aromatic rings. The Kier molecular flexibility index (Phi) is 8.92. The lowest BCUT2D eigenvalue weighted by molar-refractivity contribution is -0.922. The monoisotopic (exact) mass is 282 g/mol. The van der Waals surface area contributed by atoms with Crippen molar-refractivity contribution in [1.82, 2.24) is 0 Å². The van der Waals surface area contributed by atoms with Gasteiger partial charge in [0.05, 0.1) is 24.8 Å². The van der Waals surface area contributed by atoms with Gasteiger partial charge in [-0.15, -0.1) is 23.2 Å². The van der Waals surface area contributed by atoms with Gasteiger partial charge in [0.25, 0.3) is 0 Å². The van der Waals surface area contributed by atoms with E-state index in [1.807, 2.05) is 0 Å². The first-order valence-corrected chi connectivity index (χ1v) is 6.65. The third kappa shape index (κ3) is 6.43. The average Bonchev–Trinajstić information content (AvgIpc) is 2.29.